The average molecular weight is 521 g/mol. The maximum Gasteiger partial charge on any atom is 0.270 e. The minimum Gasteiger partial charge on any atom is -0.339 e. The molecule has 0 saturated heterocycles. The van der Waals surface area contributed by atoms with Crippen LogP contribution in [0, 0.1) is 43.5 Å². The van der Waals surface area contributed by atoms with Crippen molar-refractivity contribution in [2.75, 3.05) is 5.32 Å². The summed E-state index contributed by atoms with van der Waals surface area (Å²) >= 11 is 0. The van der Waals surface area contributed by atoms with E-state index in [0.717, 1.165) is 38.5 Å². The lowest BCUT2D eigenvalue weighted by atomic mass is 9.85. The molecule has 0 aromatic carbocycles. The van der Waals surface area contributed by atoms with Crippen molar-refractivity contribution in [2.45, 2.75) is 71.4 Å². The van der Waals surface area contributed by atoms with E-state index >= 15 is 4.39 Å². The van der Waals surface area contributed by atoms with E-state index in [-0.39, 0.29) is 23.3 Å². The van der Waals surface area contributed by atoms with Crippen molar-refractivity contribution in [2.24, 2.45) is 23.7 Å². The molecule has 0 unspecified atom stereocenters. The first-order valence-corrected chi connectivity index (χ1v) is 13.6. The number of amides is 2. The lowest BCUT2D eigenvalue weighted by Gasteiger charge is -2.28. The highest BCUT2D eigenvalue weighted by molar-refractivity contribution is 6.00. The van der Waals surface area contributed by atoms with Gasteiger partial charge >= 0.3 is 0 Å². The number of hydrogen-bond donors (Lipinski definition) is 3. The van der Waals surface area contributed by atoms with Gasteiger partial charge in [0.1, 0.15) is 11.7 Å². The zero-order chi connectivity index (χ0) is 26.4. The molecule has 3 heterocycles. The first-order chi connectivity index (χ1) is 18.4. The summed E-state index contributed by atoms with van der Waals surface area (Å²) in [5, 5.41) is 17.0. The minimum absolute atomic E-state index is 0.0299. The van der Waals surface area contributed by atoms with Crippen molar-refractivity contribution >= 4 is 17.8 Å². The maximum atomic E-state index is 15.0. The van der Waals surface area contributed by atoms with E-state index in [0.29, 0.717) is 46.9 Å². The molecule has 1 atom stereocenters. The quantitative estimate of drug-likeness (QED) is 0.349. The summed E-state index contributed by atoms with van der Waals surface area (Å²) in [5.41, 5.74) is 2.62. The van der Waals surface area contributed by atoms with E-state index < -0.39 is 17.9 Å². The second-order valence-corrected chi connectivity index (χ2v) is 11.1. The number of nitrogens with zero attached hydrogens (tertiary/aromatic N) is 5. The lowest BCUT2D eigenvalue weighted by molar-refractivity contribution is -0.119. The fourth-order valence-corrected chi connectivity index (χ4v) is 5.76. The van der Waals surface area contributed by atoms with Crippen molar-refractivity contribution in [3.63, 3.8) is 0 Å². The molecule has 11 heteroatoms. The number of halogens is 1. The fraction of sp³-hybridized carbons (Fsp3) is 0.556. The van der Waals surface area contributed by atoms with E-state index in [1.165, 1.54) is 12.6 Å². The molecule has 0 bridgehead atoms. The summed E-state index contributed by atoms with van der Waals surface area (Å²) < 4.78 is 16.8. The number of carbonyl (C=O) groups is 2. The highest BCUT2D eigenvalue weighted by Gasteiger charge is 2.48. The van der Waals surface area contributed by atoms with Gasteiger partial charge in [0.15, 0.2) is 0 Å². The Labute approximate surface area is 220 Å². The molecule has 3 saturated carbocycles. The second-order valence-electron chi connectivity index (χ2n) is 11.1. The first-order valence-electron chi connectivity index (χ1n) is 13.6. The van der Waals surface area contributed by atoms with Gasteiger partial charge in [-0.25, -0.2) is 4.98 Å². The Kier molecular flexibility index (Phi) is 6.45. The van der Waals surface area contributed by atoms with Crippen LogP contribution in [0.1, 0.15) is 66.8 Å². The number of aryl methyl sites for hydroxylation is 2. The third-order valence-corrected chi connectivity index (χ3v) is 8.27. The molecule has 3 fully saturated rings. The Morgan fingerprint density at radius 3 is 2.47 bits per heavy atom. The van der Waals surface area contributed by atoms with E-state index in [4.69, 9.17) is 0 Å². The monoisotopic (exact) mass is 520 g/mol. The Morgan fingerprint density at radius 1 is 1.16 bits per heavy atom. The number of carbonyl (C=O) groups excluding carboxylic acids is 2. The summed E-state index contributed by atoms with van der Waals surface area (Å²) in [4.78, 5) is 35.2. The Morgan fingerprint density at radius 2 is 1.89 bits per heavy atom. The highest BCUT2D eigenvalue weighted by Crippen LogP contribution is 2.51. The number of aromatic nitrogens is 6. The van der Waals surface area contributed by atoms with Crippen LogP contribution in [-0.2, 0) is 11.3 Å². The number of H-pyrrole nitrogens is 1. The lowest BCUT2D eigenvalue weighted by Crippen LogP contribution is -2.50. The van der Waals surface area contributed by atoms with Crippen LogP contribution in [0.5, 0.6) is 0 Å². The van der Waals surface area contributed by atoms with Gasteiger partial charge in [-0.15, -0.1) is 0 Å². The van der Waals surface area contributed by atoms with Gasteiger partial charge in [0.2, 0.25) is 17.8 Å². The molecule has 0 aliphatic heterocycles. The molecule has 38 heavy (non-hydrogen) atoms. The molecule has 0 radical (unpaired) electrons. The largest absolute Gasteiger partial charge is 0.339 e. The predicted octanol–water partition coefficient (Wildman–Crippen LogP) is 3.79. The van der Waals surface area contributed by atoms with Crippen molar-refractivity contribution < 1.29 is 14.0 Å². The van der Waals surface area contributed by atoms with Gasteiger partial charge in [0, 0.05) is 30.2 Å². The summed E-state index contributed by atoms with van der Waals surface area (Å²) in [5.74, 6) is -0.259. The van der Waals surface area contributed by atoms with Gasteiger partial charge in [0.25, 0.3) is 5.91 Å². The summed E-state index contributed by atoms with van der Waals surface area (Å²) in [6, 6.07) is 0.933. The summed E-state index contributed by atoms with van der Waals surface area (Å²) in [6.45, 7) is 4.28. The SMILES string of the molecule is Cc1n[nH]c(C)c1-c1cnc(NC(=O)[C@@H](NC(=O)c2ccnn2CC2CCC2)C(C2CC2)C2CC2)nc1F. The second kappa shape index (κ2) is 9.92. The topological polar surface area (TPSA) is 130 Å². The summed E-state index contributed by atoms with van der Waals surface area (Å²) in [7, 11) is 0. The van der Waals surface area contributed by atoms with Crippen LogP contribution < -0.4 is 10.6 Å². The van der Waals surface area contributed by atoms with E-state index in [1.54, 1.807) is 30.8 Å². The van der Waals surface area contributed by atoms with E-state index in [1.807, 2.05) is 0 Å². The van der Waals surface area contributed by atoms with Crippen LogP contribution >= 0.6 is 0 Å². The van der Waals surface area contributed by atoms with Crippen LogP contribution in [0.25, 0.3) is 11.1 Å². The molecule has 3 aromatic rings. The van der Waals surface area contributed by atoms with Crippen LogP contribution in [0.2, 0.25) is 0 Å². The van der Waals surface area contributed by atoms with Crippen molar-refractivity contribution in [3.8, 4) is 11.1 Å². The first kappa shape index (κ1) is 24.7. The molecule has 3 N–H and O–H groups in total. The number of nitrogens with one attached hydrogen (secondary N) is 3. The third kappa shape index (κ3) is 4.93. The molecular formula is C27H33FN8O2. The van der Waals surface area contributed by atoms with E-state index in [9.17, 15) is 9.59 Å². The molecule has 2 amide bonds. The minimum atomic E-state index is -0.765. The van der Waals surface area contributed by atoms with Crippen molar-refractivity contribution in [1.82, 2.24) is 35.3 Å². The van der Waals surface area contributed by atoms with Crippen molar-refractivity contribution in [1.29, 1.82) is 0 Å². The zero-order valence-corrected chi connectivity index (χ0v) is 21.7. The fourth-order valence-electron chi connectivity index (χ4n) is 5.76. The third-order valence-electron chi connectivity index (χ3n) is 8.27. The normalized spacial score (nSPS) is 18.3. The predicted molar refractivity (Wildman–Crippen MR) is 137 cm³/mol. The molecule has 200 valence electrons. The smallest absolute Gasteiger partial charge is 0.270 e. The van der Waals surface area contributed by atoms with E-state index in [2.05, 4.69) is 35.9 Å². The average Bonchev–Trinajstić information content (AvgIpc) is 3.79. The molecule has 3 aliphatic carbocycles. The van der Waals surface area contributed by atoms with Gasteiger partial charge in [-0.1, -0.05) is 6.42 Å². The molecule has 3 aliphatic rings. The van der Waals surface area contributed by atoms with Gasteiger partial charge in [0.05, 0.1) is 11.3 Å². The Balaban J connectivity index is 1.22. The van der Waals surface area contributed by atoms with Crippen LogP contribution in [-0.4, -0.2) is 47.8 Å². The van der Waals surface area contributed by atoms with Gasteiger partial charge in [-0.05, 0) is 82.1 Å². The van der Waals surface area contributed by atoms with Gasteiger partial charge in [-0.3, -0.25) is 24.7 Å². The molecule has 10 nitrogen and oxygen atoms in total. The molecular weight excluding hydrogens is 487 g/mol. The number of aromatic amines is 1. The van der Waals surface area contributed by atoms with Gasteiger partial charge in [-0.2, -0.15) is 19.6 Å². The maximum absolute atomic E-state index is 15.0. The highest BCUT2D eigenvalue weighted by atomic mass is 19.1. The molecule has 6 rings (SSSR count). The Bertz CT molecular complexity index is 1320. The van der Waals surface area contributed by atoms with Crippen molar-refractivity contribution in [3.05, 3.63) is 41.5 Å². The number of hydrogen-bond acceptors (Lipinski definition) is 6. The summed E-state index contributed by atoms with van der Waals surface area (Å²) in [6.07, 6.45) is 10.7. The van der Waals surface area contributed by atoms with Crippen LogP contribution in [0.15, 0.2) is 18.5 Å². The van der Waals surface area contributed by atoms with Crippen LogP contribution in [0.3, 0.4) is 0 Å². The zero-order valence-electron chi connectivity index (χ0n) is 21.7. The van der Waals surface area contributed by atoms with Crippen LogP contribution in [0.4, 0.5) is 10.3 Å². The molecule has 0 spiro atoms. The number of rotatable bonds is 10. The van der Waals surface area contributed by atoms with Gasteiger partial charge < -0.3 is 5.32 Å². The number of anilines is 1. The standard InChI is InChI=1S/C27H33FN8O2/c1-14-21(15(2)35-34-14)19-12-29-27(32-24(19)28)33-26(38)23(22(17-6-7-17)18-8-9-18)31-25(37)20-10-11-30-36(20)13-16-4-3-5-16/h10-12,16-18,22-23H,3-9,13H2,1-2H3,(H,31,37)(H,34,35)(H,29,32,33,38)/t23-/m0/s1. The Hall–Kier alpha value is -3.63. The molecule has 3 aromatic heterocycles.